The van der Waals surface area contributed by atoms with Crippen LogP contribution in [0.1, 0.15) is 23.2 Å². The largest absolute Gasteiger partial charge is 0.364 e. The molecule has 0 aliphatic carbocycles. The molecule has 1 saturated heterocycles. The maximum absolute atomic E-state index is 13.3. The monoisotopic (exact) mass is 259 g/mol. The van der Waals surface area contributed by atoms with Crippen molar-refractivity contribution in [1.29, 1.82) is 0 Å². The second-order valence-corrected chi connectivity index (χ2v) is 4.62. The summed E-state index contributed by atoms with van der Waals surface area (Å²) in [6.45, 7) is 0.253. The lowest BCUT2D eigenvalue weighted by atomic mass is 10.1. The lowest BCUT2D eigenvalue weighted by Crippen LogP contribution is -2.42. The summed E-state index contributed by atoms with van der Waals surface area (Å²) in [6.07, 6.45) is 1.05. The Morgan fingerprint density at radius 3 is 2.76 bits per heavy atom. The van der Waals surface area contributed by atoms with Gasteiger partial charge in [-0.15, -0.1) is 0 Å². The molecule has 0 bridgehead atoms. The number of anilines is 1. The van der Waals surface area contributed by atoms with Crippen LogP contribution in [0, 0.1) is 0 Å². The number of piperidine rings is 1. The number of rotatable bonds is 2. The first-order valence-electron chi connectivity index (χ1n) is 5.39. The highest BCUT2D eigenvalue weighted by atomic mass is 35.5. The Hall–Kier alpha value is -1.16. The van der Waals surface area contributed by atoms with Crippen molar-refractivity contribution in [2.45, 2.75) is 18.8 Å². The molecule has 0 atom stereocenters. The quantitative estimate of drug-likeness (QED) is 0.759. The lowest BCUT2D eigenvalue weighted by Gasteiger charge is -2.34. The molecule has 1 aromatic rings. The topological polar surface area (TPSA) is 20.3 Å². The SMILES string of the molecule is O=Cc1ccc(N2CCCC(F)(F)C2)c(Cl)c1. The molecule has 1 aromatic carbocycles. The van der Waals surface area contributed by atoms with Gasteiger partial charge in [0.2, 0.25) is 0 Å². The lowest BCUT2D eigenvalue weighted by molar-refractivity contribution is -0.0116. The minimum atomic E-state index is -2.66. The zero-order chi connectivity index (χ0) is 12.5. The van der Waals surface area contributed by atoms with E-state index >= 15 is 0 Å². The molecule has 5 heteroatoms. The molecular weight excluding hydrogens is 248 g/mol. The predicted octanol–water partition coefficient (Wildman–Crippen LogP) is 3.39. The van der Waals surface area contributed by atoms with Gasteiger partial charge in [-0.25, -0.2) is 8.78 Å². The third-order valence-electron chi connectivity index (χ3n) is 2.84. The van der Waals surface area contributed by atoms with Crippen molar-refractivity contribution in [3.63, 3.8) is 0 Å². The fraction of sp³-hybridized carbons (Fsp3) is 0.417. The second kappa shape index (κ2) is 4.61. The summed E-state index contributed by atoms with van der Waals surface area (Å²) in [6, 6.07) is 4.70. The first-order valence-corrected chi connectivity index (χ1v) is 5.77. The zero-order valence-electron chi connectivity index (χ0n) is 9.13. The maximum Gasteiger partial charge on any atom is 0.265 e. The van der Waals surface area contributed by atoms with Crippen LogP contribution in [-0.4, -0.2) is 25.3 Å². The molecule has 0 spiro atoms. The molecule has 0 aromatic heterocycles. The summed E-state index contributed by atoms with van der Waals surface area (Å²) in [5, 5.41) is 0.340. The van der Waals surface area contributed by atoms with E-state index in [1.165, 1.54) is 6.07 Å². The van der Waals surface area contributed by atoms with Crippen molar-refractivity contribution in [3.05, 3.63) is 28.8 Å². The normalized spacial score (nSPS) is 19.1. The predicted molar refractivity (Wildman–Crippen MR) is 63.2 cm³/mol. The number of alkyl halides is 2. The van der Waals surface area contributed by atoms with E-state index in [4.69, 9.17) is 11.6 Å². The highest BCUT2D eigenvalue weighted by Gasteiger charge is 2.35. The third-order valence-corrected chi connectivity index (χ3v) is 3.14. The van der Waals surface area contributed by atoms with Crippen molar-refractivity contribution >= 4 is 23.6 Å². The van der Waals surface area contributed by atoms with Crippen LogP contribution in [0.15, 0.2) is 18.2 Å². The molecular formula is C12H12ClF2NO. The number of hydrogen-bond donors (Lipinski definition) is 0. The molecule has 1 aliphatic heterocycles. The van der Waals surface area contributed by atoms with Gasteiger partial charge in [-0.05, 0) is 24.6 Å². The highest BCUT2D eigenvalue weighted by molar-refractivity contribution is 6.33. The minimum Gasteiger partial charge on any atom is -0.364 e. The third kappa shape index (κ3) is 2.75. The average Bonchev–Trinajstić information content (AvgIpc) is 2.27. The average molecular weight is 260 g/mol. The van der Waals surface area contributed by atoms with E-state index in [-0.39, 0.29) is 13.0 Å². The molecule has 0 N–H and O–H groups in total. The summed E-state index contributed by atoms with van der Waals surface area (Å²) in [5.74, 6) is -2.66. The van der Waals surface area contributed by atoms with E-state index < -0.39 is 5.92 Å². The van der Waals surface area contributed by atoms with Gasteiger partial charge >= 0.3 is 0 Å². The van der Waals surface area contributed by atoms with Gasteiger partial charge in [0, 0.05) is 18.5 Å². The van der Waals surface area contributed by atoms with E-state index in [0.29, 0.717) is 35.5 Å². The highest BCUT2D eigenvalue weighted by Crippen LogP contribution is 2.33. The van der Waals surface area contributed by atoms with Gasteiger partial charge in [-0.2, -0.15) is 0 Å². The summed E-state index contributed by atoms with van der Waals surface area (Å²) in [4.78, 5) is 12.1. The Morgan fingerprint density at radius 1 is 1.41 bits per heavy atom. The second-order valence-electron chi connectivity index (χ2n) is 4.21. The Balaban J connectivity index is 2.25. The Morgan fingerprint density at radius 2 is 2.18 bits per heavy atom. The van der Waals surface area contributed by atoms with Crippen LogP contribution in [0.2, 0.25) is 5.02 Å². The number of nitrogens with zero attached hydrogens (tertiary/aromatic N) is 1. The van der Waals surface area contributed by atoms with E-state index in [0.717, 1.165) is 0 Å². The van der Waals surface area contributed by atoms with Crippen molar-refractivity contribution in [2.24, 2.45) is 0 Å². The Labute approximate surface area is 103 Å². The van der Waals surface area contributed by atoms with Gasteiger partial charge in [0.05, 0.1) is 17.3 Å². The summed E-state index contributed by atoms with van der Waals surface area (Å²) in [5.41, 5.74) is 1.01. The number of carbonyl (C=O) groups excluding carboxylic acids is 1. The van der Waals surface area contributed by atoms with Gasteiger partial charge in [-0.3, -0.25) is 4.79 Å². The van der Waals surface area contributed by atoms with Crippen molar-refractivity contribution in [1.82, 2.24) is 0 Å². The van der Waals surface area contributed by atoms with Gasteiger partial charge in [0.15, 0.2) is 0 Å². The summed E-state index contributed by atoms with van der Waals surface area (Å²) in [7, 11) is 0. The number of hydrogen-bond acceptors (Lipinski definition) is 2. The summed E-state index contributed by atoms with van der Waals surface area (Å²) >= 11 is 5.99. The smallest absolute Gasteiger partial charge is 0.265 e. The number of aldehydes is 1. The van der Waals surface area contributed by atoms with E-state index in [1.807, 2.05) is 0 Å². The van der Waals surface area contributed by atoms with Crippen molar-refractivity contribution in [3.8, 4) is 0 Å². The Kier molecular flexibility index (Phi) is 3.33. The van der Waals surface area contributed by atoms with E-state index in [1.54, 1.807) is 17.0 Å². The van der Waals surface area contributed by atoms with Crippen LogP contribution < -0.4 is 4.90 Å². The Bertz CT molecular complexity index is 437. The summed E-state index contributed by atoms with van der Waals surface area (Å²) < 4.78 is 26.6. The van der Waals surface area contributed by atoms with Gasteiger partial charge in [0.1, 0.15) is 6.29 Å². The molecule has 2 rings (SSSR count). The van der Waals surface area contributed by atoms with Gasteiger partial charge in [-0.1, -0.05) is 11.6 Å². The van der Waals surface area contributed by atoms with Crippen LogP contribution in [0.4, 0.5) is 14.5 Å². The molecule has 1 heterocycles. The van der Waals surface area contributed by atoms with Crippen LogP contribution in [0.5, 0.6) is 0 Å². The zero-order valence-corrected chi connectivity index (χ0v) is 9.88. The van der Waals surface area contributed by atoms with Crippen molar-refractivity contribution < 1.29 is 13.6 Å². The molecule has 0 amide bonds. The van der Waals surface area contributed by atoms with Crippen LogP contribution in [0.25, 0.3) is 0 Å². The van der Waals surface area contributed by atoms with Crippen LogP contribution in [-0.2, 0) is 0 Å². The molecule has 17 heavy (non-hydrogen) atoms. The maximum atomic E-state index is 13.3. The number of benzene rings is 1. The molecule has 0 unspecified atom stereocenters. The van der Waals surface area contributed by atoms with Gasteiger partial charge in [0.25, 0.3) is 5.92 Å². The number of halogens is 3. The van der Waals surface area contributed by atoms with E-state index in [9.17, 15) is 13.6 Å². The molecule has 1 fully saturated rings. The van der Waals surface area contributed by atoms with Crippen molar-refractivity contribution in [2.75, 3.05) is 18.0 Å². The molecule has 0 saturated carbocycles. The minimum absolute atomic E-state index is 0.0759. The standard InChI is InChI=1S/C12H12ClF2NO/c13-10-6-9(7-17)2-3-11(10)16-5-1-4-12(14,15)8-16/h2-3,6-7H,1,4-5,8H2. The molecule has 2 nitrogen and oxygen atoms in total. The van der Waals surface area contributed by atoms with E-state index in [2.05, 4.69) is 0 Å². The fourth-order valence-electron chi connectivity index (χ4n) is 2.02. The fourth-order valence-corrected chi connectivity index (χ4v) is 2.33. The number of carbonyl (C=O) groups is 1. The molecule has 92 valence electrons. The van der Waals surface area contributed by atoms with Crippen LogP contribution >= 0.6 is 11.6 Å². The molecule has 1 aliphatic rings. The first-order chi connectivity index (χ1) is 8.02. The first kappa shape index (κ1) is 12.3. The van der Waals surface area contributed by atoms with Crippen LogP contribution in [0.3, 0.4) is 0 Å². The van der Waals surface area contributed by atoms with Gasteiger partial charge < -0.3 is 4.90 Å². The molecule has 0 radical (unpaired) electrons.